The highest BCUT2D eigenvalue weighted by atomic mass is 79.9. The first-order valence-electron chi connectivity index (χ1n) is 4.59. The van der Waals surface area contributed by atoms with Crippen molar-refractivity contribution < 1.29 is 14.3 Å². The molecule has 3 N–H and O–H groups in total. The van der Waals surface area contributed by atoms with Crippen molar-refractivity contribution in [3.05, 3.63) is 19.2 Å². The number of nitrogens with one attached hydrogen (secondary N) is 1. The topological polar surface area (TPSA) is 81.4 Å². The largest absolute Gasteiger partial charge is 0.370 e. The van der Waals surface area contributed by atoms with Crippen LogP contribution in [0, 0.1) is 0 Å². The first kappa shape index (κ1) is 14.6. The van der Waals surface area contributed by atoms with Crippen molar-refractivity contribution in [1.29, 1.82) is 0 Å². The van der Waals surface area contributed by atoms with Gasteiger partial charge in [0.15, 0.2) is 0 Å². The SMILES string of the molecule is NC(=O)COCCNC(=O)c1cc(Br)c(Br)s1. The fourth-order valence-corrected chi connectivity index (χ4v) is 2.91. The summed E-state index contributed by atoms with van der Waals surface area (Å²) in [6, 6.07) is 1.73. The minimum atomic E-state index is -0.526. The fraction of sp³-hybridized carbons (Fsp3) is 0.333. The van der Waals surface area contributed by atoms with E-state index < -0.39 is 5.91 Å². The third kappa shape index (κ3) is 5.15. The number of primary amides is 1. The van der Waals surface area contributed by atoms with Crippen molar-refractivity contribution in [3.63, 3.8) is 0 Å². The van der Waals surface area contributed by atoms with Gasteiger partial charge in [0, 0.05) is 11.0 Å². The normalized spacial score (nSPS) is 10.2. The molecule has 1 rings (SSSR count). The predicted octanol–water partition coefficient (Wildman–Crippen LogP) is 1.50. The van der Waals surface area contributed by atoms with E-state index in [9.17, 15) is 9.59 Å². The van der Waals surface area contributed by atoms with E-state index in [1.165, 1.54) is 11.3 Å². The summed E-state index contributed by atoms with van der Waals surface area (Å²) in [5, 5.41) is 2.67. The third-order valence-electron chi connectivity index (χ3n) is 1.65. The summed E-state index contributed by atoms with van der Waals surface area (Å²) in [4.78, 5) is 22.6. The highest BCUT2D eigenvalue weighted by Crippen LogP contribution is 2.32. The summed E-state index contributed by atoms with van der Waals surface area (Å²) in [7, 11) is 0. The summed E-state index contributed by atoms with van der Waals surface area (Å²) in [6.45, 7) is 0.452. The molecule has 0 aliphatic heterocycles. The number of hydrogen-bond donors (Lipinski definition) is 2. The molecule has 2 amide bonds. The molecule has 1 heterocycles. The van der Waals surface area contributed by atoms with Crippen LogP contribution >= 0.6 is 43.2 Å². The van der Waals surface area contributed by atoms with E-state index in [1.807, 2.05) is 0 Å². The second-order valence-corrected chi connectivity index (χ2v) is 6.23. The monoisotopic (exact) mass is 384 g/mol. The first-order valence-corrected chi connectivity index (χ1v) is 7.00. The highest BCUT2D eigenvalue weighted by Gasteiger charge is 2.11. The lowest BCUT2D eigenvalue weighted by molar-refractivity contribution is -0.122. The summed E-state index contributed by atoms with van der Waals surface area (Å²) in [6.07, 6.45) is 0. The summed E-state index contributed by atoms with van der Waals surface area (Å²) < 4.78 is 6.62. The second kappa shape index (κ2) is 7.10. The van der Waals surface area contributed by atoms with Gasteiger partial charge in [-0.15, -0.1) is 11.3 Å². The molecule has 0 aliphatic carbocycles. The molecule has 0 fully saturated rings. The average Bonchev–Trinajstić information content (AvgIpc) is 2.58. The Balaban J connectivity index is 2.28. The van der Waals surface area contributed by atoms with Crippen LogP contribution in [-0.2, 0) is 9.53 Å². The minimum Gasteiger partial charge on any atom is -0.370 e. The van der Waals surface area contributed by atoms with E-state index in [-0.39, 0.29) is 19.1 Å². The number of halogens is 2. The summed E-state index contributed by atoms with van der Waals surface area (Å²) in [5.74, 6) is -0.702. The number of thiophene rings is 1. The predicted molar refractivity (Wildman–Crippen MR) is 72.1 cm³/mol. The molecule has 0 saturated heterocycles. The van der Waals surface area contributed by atoms with E-state index in [4.69, 9.17) is 10.5 Å². The zero-order chi connectivity index (χ0) is 12.8. The van der Waals surface area contributed by atoms with E-state index in [0.717, 1.165) is 8.26 Å². The number of ether oxygens (including phenoxy) is 1. The molecular weight excluding hydrogens is 376 g/mol. The van der Waals surface area contributed by atoms with E-state index in [2.05, 4.69) is 37.2 Å². The fourth-order valence-electron chi connectivity index (χ4n) is 0.955. The van der Waals surface area contributed by atoms with Crippen molar-refractivity contribution in [2.45, 2.75) is 0 Å². The molecule has 0 aromatic carbocycles. The molecule has 0 spiro atoms. The quantitative estimate of drug-likeness (QED) is 0.728. The number of hydrogen-bond acceptors (Lipinski definition) is 4. The van der Waals surface area contributed by atoms with Gasteiger partial charge in [-0.1, -0.05) is 0 Å². The Morgan fingerprint density at radius 2 is 2.18 bits per heavy atom. The van der Waals surface area contributed by atoms with Crippen LogP contribution in [0.3, 0.4) is 0 Å². The average molecular weight is 386 g/mol. The van der Waals surface area contributed by atoms with Crippen LogP contribution in [0.2, 0.25) is 0 Å². The standard InChI is InChI=1S/C9H10Br2N2O3S/c10-5-3-6(17-8(5)11)9(15)13-1-2-16-4-7(12)14/h3H,1-2,4H2,(H2,12,14)(H,13,15). The van der Waals surface area contributed by atoms with Gasteiger partial charge in [-0.2, -0.15) is 0 Å². The highest BCUT2D eigenvalue weighted by molar-refractivity contribution is 9.13. The molecule has 1 aromatic rings. The zero-order valence-corrected chi connectivity index (χ0v) is 12.7. The van der Waals surface area contributed by atoms with Crippen molar-refractivity contribution in [2.75, 3.05) is 19.8 Å². The van der Waals surface area contributed by atoms with Crippen LogP contribution in [-0.4, -0.2) is 31.6 Å². The maximum atomic E-state index is 11.6. The van der Waals surface area contributed by atoms with Gasteiger partial charge < -0.3 is 15.8 Å². The van der Waals surface area contributed by atoms with Gasteiger partial charge in [-0.05, 0) is 37.9 Å². The lowest BCUT2D eigenvalue weighted by Crippen LogP contribution is -2.28. The molecule has 17 heavy (non-hydrogen) atoms. The zero-order valence-electron chi connectivity index (χ0n) is 8.66. The van der Waals surface area contributed by atoms with Crippen molar-refractivity contribution in [1.82, 2.24) is 5.32 Å². The molecule has 0 atom stereocenters. The molecule has 5 nitrogen and oxygen atoms in total. The Morgan fingerprint density at radius 3 is 2.71 bits per heavy atom. The molecule has 0 aliphatic rings. The Hall–Kier alpha value is -0.440. The van der Waals surface area contributed by atoms with Gasteiger partial charge in [0.05, 0.1) is 15.3 Å². The van der Waals surface area contributed by atoms with Gasteiger partial charge in [0.25, 0.3) is 5.91 Å². The van der Waals surface area contributed by atoms with E-state index in [0.29, 0.717) is 11.4 Å². The molecule has 1 aromatic heterocycles. The van der Waals surface area contributed by atoms with Gasteiger partial charge in [0.1, 0.15) is 6.61 Å². The summed E-state index contributed by atoms with van der Waals surface area (Å²) in [5.41, 5.74) is 4.88. The van der Waals surface area contributed by atoms with Crippen LogP contribution in [0.1, 0.15) is 9.67 Å². The lowest BCUT2D eigenvalue weighted by atomic mass is 10.4. The lowest BCUT2D eigenvalue weighted by Gasteiger charge is -2.03. The maximum Gasteiger partial charge on any atom is 0.261 e. The number of carbonyl (C=O) groups is 2. The van der Waals surface area contributed by atoms with Gasteiger partial charge in [-0.25, -0.2) is 0 Å². The number of carbonyl (C=O) groups excluding carboxylic acids is 2. The maximum absolute atomic E-state index is 11.6. The smallest absolute Gasteiger partial charge is 0.261 e. The van der Waals surface area contributed by atoms with Gasteiger partial charge >= 0.3 is 0 Å². The molecule has 0 bridgehead atoms. The van der Waals surface area contributed by atoms with Crippen molar-refractivity contribution in [3.8, 4) is 0 Å². The van der Waals surface area contributed by atoms with E-state index >= 15 is 0 Å². The Morgan fingerprint density at radius 1 is 1.47 bits per heavy atom. The van der Waals surface area contributed by atoms with Crippen molar-refractivity contribution in [2.24, 2.45) is 5.73 Å². The molecule has 0 saturated carbocycles. The van der Waals surface area contributed by atoms with Crippen LogP contribution in [0.25, 0.3) is 0 Å². The second-order valence-electron chi connectivity index (χ2n) is 3.01. The van der Waals surface area contributed by atoms with Gasteiger partial charge in [-0.3, -0.25) is 9.59 Å². The van der Waals surface area contributed by atoms with Crippen molar-refractivity contribution >= 4 is 55.0 Å². The Bertz CT molecular complexity index is 403. The van der Waals surface area contributed by atoms with E-state index in [1.54, 1.807) is 6.07 Å². The molecule has 8 heteroatoms. The molecular formula is C9H10Br2N2O3S. The number of nitrogens with two attached hydrogens (primary N) is 1. The number of amides is 2. The molecule has 0 unspecified atom stereocenters. The number of rotatable bonds is 6. The van der Waals surface area contributed by atoms with Crippen LogP contribution in [0.5, 0.6) is 0 Å². The minimum absolute atomic E-state index is 0.133. The first-order chi connectivity index (χ1) is 8.00. The van der Waals surface area contributed by atoms with Crippen LogP contribution in [0.15, 0.2) is 14.3 Å². The molecule has 0 radical (unpaired) electrons. The van der Waals surface area contributed by atoms with Crippen LogP contribution < -0.4 is 11.1 Å². The Kier molecular flexibility index (Phi) is 6.10. The Labute approximate surface area is 119 Å². The summed E-state index contributed by atoms with van der Waals surface area (Å²) >= 11 is 7.94. The molecule has 94 valence electrons. The van der Waals surface area contributed by atoms with Gasteiger partial charge in [0.2, 0.25) is 5.91 Å². The third-order valence-corrected chi connectivity index (χ3v) is 4.90. The van der Waals surface area contributed by atoms with Crippen LogP contribution in [0.4, 0.5) is 0 Å².